The number of carbonyl (C=O) groups is 3. The molecule has 0 heterocycles. The molecule has 0 amide bonds. The Morgan fingerprint density at radius 3 is 1.79 bits per heavy atom. The Labute approximate surface area is 107 Å². The molecule has 0 saturated heterocycles. The van der Waals surface area contributed by atoms with Crippen molar-refractivity contribution < 1.29 is 34.8 Å². The van der Waals surface area contributed by atoms with Gasteiger partial charge in [-0.25, -0.2) is 9.59 Å². The molecule has 4 N–H and O–H groups in total. The second kappa shape index (κ2) is 4.79. The van der Waals surface area contributed by atoms with Gasteiger partial charge in [-0.1, -0.05) is 30.3 Å². The standard InChI is InChI=1S/C12H12O7/c1-11(18,9(14)15)12(19,10(16)17)8(13)7-5-3-2-4-6-7/h2-6,18-19H,1H3,(H,14,15)(H,16,17). The lowest BCUT2D eigenvalue weighted by atomic mass is 9.78. The fraction of sp³-hybridized carbons (Fsp3) is 0.250. The molecule has 0 spiro atoms. The first kappa shape index (κ1) is 14.8. The summed E-state index contributed by atoms with van der Waals surface area (Å²) in [5.74, 6) is -5.58. The average Bonchev–Trinajstić information content (AvgIpc) is 2.37. The summed E-state index contributed by atoms with van der Waals surface area (Å²) >= 11 is 0. The Morgan fingerprint density at radius 1 is 0.947 bits per heavy atom. The summed E-state index contributed by atoms with van der Waals surface area (Å²) in [5, 5.41) is 37.3. The van der Waals surface area contributed by atoms with Crippen LogP contribution in [0, 0.1) is 0 Å². The zero-order valence-corrected chi connectivity index (χ0v) is 9.90. The van der Waals surface area contributed by atoms with Crippen LogP contribution in [0.2, 0.25) is 0 Å². The third-order valence-corrected chi connectivity index (χ3v) is 2.80. The zero-order valence-electron chi connectivity index (χ0n) is 9.90. The molecule has 0 aliphatic heterocycles. The molecule has 102 valence electrons. The van der Waals surface area contributed by atoms with Crippen LogP contribution in [-0.4, -0.2) is 49.4 Å². The van der Waals surface area contributed by atoms with Gasteiger partial charge in [-0.2, -0.15) is 0 Å². The average molecular weight is 268 g/mol. The van der Waals surface area contributed by atoms with E-state index in [4.69, 9.17) is 10.2 Å². The molecule has 7 nitrogen and oxygen atoms in total. The smallest absolute Gasteiger partial charge is 0.347 e. The Morgan fingerprint density at radius 2 is 1.42 bits per heavy atom. The van der Waals surface area contributed by atoms with Crippen LogP contribution in [0.3, 0.4) is 0 Å². The number of ketones is 1. The van der Waals surface area contributed by atoms with Crippen LogP contribution in [-0.2, 0) is 9.59 Å². The van der Waals surface area contributed by atoms with Crippen molar-refractivity contribution >= 4 is 17.7 Å². The third kappa shape index (κ3) is 2.20. The second-order valence-electron chi connectivity index (χ2n) is 4.09. The van der Waals surface area contributed by atoms with Gasteiger partial charge in [-0.05, 0) is 6.92 Å². The maximum atomic E-state index is 12.0. The zero-order chi connectivity index (χ0) is 14.8. The monoisotopic (exact) mass is 268 g/mol. The number of carboxylic acids is 2. The highest BCUT2D eigenvalue weighted by molar-refractivity contribution is 6.18. The lowest BCUT2D eigenvalue weighted by Gasteiger charge is -2.32. The summed E-state index contributed by atoms with van der Waals surface area (Å²) in [5.41, 5.74) is -6.89. The number of hydrogen-bond acceptors (Lipinski definition) is 5. The molecule has 0 aliphatic carbocycles. The van der Waals surface area contributed by atoms with Crippen molar-refractivity contribution in [2.45, 2.75) is 18.1 Å². The topological polar surface area (TPSA) is 132 Å². The minimum atomic E-state index is -3.49. The number of aliphatic hydroxyl groups is 2. The number of carbonyl (C=O) groups excluding carboxylic acids is 1. The first-order valence-corrected chi connectivity index (χ1v) is 5.17. The summed E-state index contributed by atoms with van der Waals surface area (Å²) in [6.45, 7) is 0.546. The van der Waals surface area contributed by atoms with Gasteiger partial charge in [0, 0.05) is 5.56 Å². The molecule has 0 saturated carbocycles. The molecule has 1 rings (SSSR count). The van der Waals surface area contributed by atoms with E-state index >= 15 is 0 Å². The second-order valence-corrected chi connectivity index (χ2v) is 4.09. The summed E-state index contributed by atoms with van der Waals surface area (Å²) in [4.78, 5) is 34.0. The van der Waals surface area contributed by atoms with Gasteiger partial charge >= 0.3 is 11.9 Å². The van der Waals surface area contributed by atoms with Gasteiger partial charge in [0.25, 0.3) is 5.60 Å². The molecule has 1 aromatic rings. The van der Waals surface area contributed by atoms with Gasteiger partial charge in [0.15, 0.2) is 0 Å². The molecular weight excluding hydrogens is 256 g/mol. The van der Waals surface area contributed by atoms with E-state index in [1.54, 1.807) is 6.07 Å². The van der Waals surface area contributed by atoms with Gasteiger partial charge in [-0.3, -0.25) is 4.79 Å². The first-order chi connectivity index (χ1) is 8.65. The van der Waals surface area contributed by atoms with E-state index in [0.29, 0.717) is 6.92 Å². The summed E-state index contributed by atoms with van der Waals surface area (Å²) in [6, 6.07) is 6.77. The maximum absolute atomic E-state index is 12.0. The number of benzene rings is 1. The van der Waals surface area contributed by atoms with Crippen molar-refractivity contribution in [3.63, 3.8) is 0 Å². The van der Waals surface area contributed by atoms with Crippen molar-refractivity contribution in [2.24, 2.45) is 0 Å². The lowest BCUT2D eigenvalue weighted by molar-refractivity contribution is -0.193. The molecule has 0 bridgehead atoms. The Balaban J connectivity index is 3.41. The molecule has 2 unspecified atom stereocenters. The maximum Gasteiger partial charge on any atom is 0.347 e. The number of Topliss-reactive ketones (excluding diaryl/α,β-unsaturated/α-hetero) is 1. The quantitative estimate of drug-likeness (QED) is 0.419. The van der Waals surface area contributed by atoms with Crippen molar-refractivity contribution in [3.05, 3.63) is 35.9 Å². The summed E-state index contributed by atoms with van der Waals surface area (Å²) < 4.78 is 0. The van der Waals surface area contributed by atoms with Crippen LogP contribution in [0.15, 0.2) is 30.3 Å². The highest BCUT2D eigenvalue weighted by atomic mass is 16.5. The fourth-order valence-electron chi connectivity index (χ4n) is 1.48. The molecule has 0 aliphatic rings. The van der Waals surface area contributed by atoms with Crippen molar-refractivity contribution in [3.8, 4) is 0 Å². The summed E-state index contributed by atoms with van der Waals surface area (Å²) in [7, 11) is 0. The number of aliphatic carboxylic acids is 2. The third-order valence-electron chi connectivity index (χ3n) is 2.80. The molecular formula is C12H12O7. The fourth-order valence-corrected chi connectivity index (χ4v) is 1.48. The van der Waals surface area contributed by atoms with Crippen LogP contribution in [0.4, 0.5) is 0 Å². The van der Waals surface area contributed by atoms with Crippen LogP contribution in [0.1, 0.15) is 17.3 Å². The lowest BCUT2D eigenvalue weighted by Crippen LogP contribution is -2.66. The van der Waals surface area contributed by atoms with Gasteiger partial charge in [-0.15, -0.1) is 0 Å². The van der Waals surface area contributed by atoms with Crippen molar-refractivity contribution in [2.75, 3.05) is 0 Å². The van der Waals surface area contributed by atoms with Crippen LogP contribution in [0.25, 0.3) is 0 Å². The van der Waals surface area contributed by atoms with E-state index in [1.165, 1.54) is 24.3 Å². The van der Waals surface area contributed by atoms with Crippen LogP contribution >= 0.6 is 0 Å². The summed E-state index contributed by atoms with van der Waals surface area (Å²) in [6.07, 6.45) is 0. The molecule has 19 heavy (non-hydrogen) atoms. The van der Waals surface area contributed by atoms with Gasteiger partial charge < -0.3 is 20.4 Å². The van der Waals surface area contributed by atoms with E-state index in [1.807, 2.05) is 0 Å². The van der Waals surface area contributed by atoms with Gasteiger partial charge in [0.2, 0.25) is 11.4 Å². The number of hydrogen-bond donors (Lipinski definition) is 4. The first-order valence-electron chi connectivity index (χ1n) is 5.17. The van der Waals surface area contributed by atoms with E-state index in [9.17, 15) is 24.6 Å². The van der Waals surface area contributed by atoms with E-state index in [2.05, 4.69) is 0 Å². The van der Waals surface area contributed by atoms with E-state index in [-0.39, 0.29) is 5.56 Å². The SMILES string of the molecule is CC(O)(C(=O)O)C(O)(C(=O)O)C(=O)c1ccccc1. The van der Waals surface area contributed by atoms with Crippen LogP contribution in [0.5, 0.6) is 0 Å². The minimum absolute atomic E-state index is 0.228. The predicted octanol–water partition coefficient (Wildman–Crippen LogP) is -0.479. The van der Waals surface area contributed by atoms with Crippen molar-refractivity contribution in [1.29, 1.82) is 0 Å². The Kier molecular flexibility index (Phi) is 3.73. The largest absolute Gasteiger partial charge is 0.479 e. The molecule has 7 heteroatoms. The Hall–Kier alpha value is -2.25. The van der Waals surface area contributed by atoms with Gasteiger partial charge in [0.1, 0.15) is 0 Å². The van der Waals surface area contributed by atoms with Crippen LogP contribution < -0.4 is 0 Å². The number of carboxylic acid groups (broad SMARTS) is 2. The normalized spacial score (nSPS) is 17.0. The predicted molar refractivity (Wildman–Crippen MR) is 61.6 cm³/mol. The highest BCUT2D eigenvalue weighted by Crippen LogP contribution is 2.27. The van der Waals surface area contributed by atoms with E-state index < -0.39 is 28.9 Å². The van der Waals surface area contributed by atoms with Gasteiger partial charge in [0.05, 0.1) is 0 Å². The molecule has 1 aromatic carbocycles. The molecule has 2 atom stereocenters. The number of rotatable bonds is 5. The molecule has 0 aromatic heterocycles. The molecule has 0 fully saturated rings. The minimum Gasteiger partial charge on any atom is -0.479 e. The molecule has 0 radical (unpaired) electrons. The highest BCUT2D eigenvalue weighted by Gasteiger charge is 2.62. The Bertz CT molecular complexity index is 520. The van der Waals surface area contributed by atoms with Crippen molar-refractivity contribution in [1.82, 2.24) is 0 Å². The van der Waals surface area contributed by atoms with E-state index in [0.717, 1.165) is 0 Å².